The average molecular weight is 281 g/mol. The number of carbonyl (C=O) groups excluding carboxylic acids is 1. The van der Waals surface area contributed by atoms with Crippen LogP contribution in [0.1, 0.15) is 46.5 Å². The minimum Gasteiger partial charge on any atom is -0.352 e. The maximum Gasteiger partial charge on any atom is 0.234 e. The molecule has 0 radical (unpaired) electrons. The number of piperidine rings is 1. The molecule has 1 saturated heterocycles. The molecule has 4 heteroatoms. The molecule has 2 fully saturated rings. The molecule has 5 unspecified atom stereocenters. The predicted molar refractivity (Wildman–Crippen MR) is 82.3 cm³/mol. The second-order valence-electron chi connectivity index (χ2n) is 7.11. The van der Waals surface area contributed by atoms with Crippen molar-refractivity contribution >= 4 is 5.91 Å². The first-order valence-electron chi connectivity index (χ1n) is 8.24. The molecule has 0 aromatic heterocycles. The van der Waals surface area contributed by atoms with Crippen LogP contribution < -0.4 is 11.1 Å². The van der Waals surface area contributed by atoms with Crippen LogP contribution in [0.15, 0.2) is 0 Å². The highest BCUT2D eigenvalue weighted by molar-refractivity contribution is 5.78. The number of rotatable bonds is 3. The molecule has 0 aromatic rings. The predicted octanol–water partition coefficient (Wildman–Crippen LogP) is 1.60. The number of hydrogen-bond donors (Lipinski definition) is 2. The Morgan fingerprint density at radius 1 is 1.20 bits per heavy atom. The fraction of sp³-hybridized carbons (Fsp3) is 0.938. The molecule has 2 aliphatic rings. The van der Waals surface area contributed by atoms with E-state index >= 15 is 0 Å². The van der Waals surface area contributed by atoms with Crippen molar-refractivity contribution in [1.29, 1.82) is 0 Å². The largest absolute Gasteiger partial charge is 0.352 e. The molecule has 1 heterocycles. The van der Waals surface area contributed by atoms with E-state index in [2.05, 4.69) is 31.0 Å². The molecule has 116 valence electrons. The van der Waals surface area contributed by atoms with Crippen LogP contribution in [0.4, 0.5) is 0 Å². The summed E-state index contributed by atoms with van der Waals surface area (Å²) in [5, 5.41) is 3.25. The lowest BCUT2D eigenvalue weighted by Crippen LogP contribution is -2.52. The number of amides is 1. The Morgan fingerprint density at radius 3 is 2.65 bits per heavy atom. The second kappa shape index (κ2) is 6.90. The summed E-state index contributed by atoms with van der Waals surface area (Å²) in [6.45, 7) is 9.14. The standard InChI is InChI=1S/C16H31N3O/c1-11-5-4-6-15(13(11)3)18-16(20)10-19-8-7-12(2)14(17)9-19/h11-15H,4-10,17H2,1-3H3,(H,18,20). The Hall–Kier alpha value is -0.610. The van der Waals surface area contributed by atoms with Crippen LogP contribution >= 0.6 is 0 Å². The third-order valence-corrected chi connectivity index (χ3v) is 5.52. The summed E-state index contributed by atoms with van der Waals surface area (Å²) in [6, 6.07) is 0.578. The van der Waals surface area contributed by atoms with Crippen molar-refractivity contribution in [2.75, 3.05) is 19.6 Å². The van der Waals surface area contributed by atoms with E-state index < -0.39 is 0 Å². The fourth-order valence-corrected chi connectivity index (χ4v) is 3.55. The van der Waals surface area contributed by atoms with Gasteiger partial charge in [-0.15, -0.1) is 0 Å². The van der Waals surface area contributed by atoms with Gasteiger partial charge in [-0.05, 0) is 37.1 Å². The Kier molecular flexibility index (Phi) is 5.44. The number of likely N-dealkylation sites (tertiary alicyclic amines) is 1. The first-order valence-corrected chi connectivity index (χ1v) is 8.24. The van der Waals surface area contributed by atoms with Crippen molar-refractivity contribution in [2.24, 2.45) is 23.5 Å². The lowest BCUT2D eigenvalue weighted by Gasteiger charge is -2.37. The Labute approximate surface area is 123 Å². The molecule has 2 rings (SSSR count). The van der Waals surface area contributed by atoms with Gasteiger partial charge in [-0.2, -0.15) is 0 Å². The zero-order chi connectivity index (χ0) is 14.7. The van der Waals surface area contributed by atoms with Gasteiger partial charge in [-0.3, -0.25) is 9.69 Å². The number of carbonyl (C=O) groups is 1. The number of hydrogen-bond acceptors (Lipinski definition) is 3. The van der Waals surface area contributed by atoms with Crippen molar-refractivity contribution in [2.45, 2.75) is 58.5 Å². The van der Waals surface area contributed by atoms with Crippen LogP contribution in [0.3, 0.4) is 0 Å². The molecule has 5 atom stereocenters. The first kappa shape index (κ1) is 15.8. The van der Waals surface area contributed by atoms with Crippen molar-refractivity contribution in [3.8, 4) is 0 Å². The SMILES string of the molecule is CC1CCN(CC(=O)NC2CCCC(C)C2C)CC1N. The van der Waals surface area contributed by atoms with Gasteiger partial charge in [0.2, 0.25) is 5.91 Å². The summed E-state index contributed by atoms with van der Waals surface area (Å²) in [6.07, 6.45) is 4.77. The summed E-state index contributed by atoms with van der Waals surface area (Å²) >= 11 is 0. The number of nitrogens with two attached hydrogens (primary N) is 1. The van der Waals surface area contributed by atoms with Crippen LogP contribution in [0.2, 0.25) is 0 Å². The normalized spacial score (nSPS) is 39.5. The topological polar surface area (TPSA) is 58.4 Å². The molecule has 0 spiro atoms. The van der Waals surface area contributed by atoms with Gasteiger partial charge < -0.3 is 11.1 Å². The van der Waals surface area contributed by atoms with Gasteiger partial charge in [0.05, 0.1) is 6.54 Å². The molecule has 1 saturated carbocycles. The number of nitrogens with zero attached hydrogens (tertiary/aromatic N) is 1. The fourth-order valence-electron chi connectivity index (χ4n) is 3.55. The van der Waals surface area contributed by atoms with Gasteiger partial charge in [-0.25, -0.2) is 0 Å². The maximum atomic E-state index is 12.2. The van der Waals surface area contributed by atoms with E-state index in [9.17, 15) is 4.79 Å². The third kappa shape index (κ3) is 3.95. The molecule has 1 aliphatic heterocycles. The van der Waals surface area contributed by atoms with E-state index in [-0.39, 0.29) is 11.9 Å². The van der Waals surface area contributed by atoms with E-state index in [0.29, 0.717) is 24.4 Å². The monoisotopic (exact) mass is 281 g/mol. The highest BCUT2D eigenvalue weighted by Gasteiger charge is 2.29. The average Bonchev–Trinajstić information content (AvgIpc) is 2.39. The summed E-state index contributed by atoms with van der Waals surface area (Å²) in [4.78, 5) is 14.4. The van der Waals surface area contributed by atoms with Gasteiger partial charge in [0, 0.05) is 18.6 Å². The van der Waals surface area contributed by atoms with E-state index in [1.165, 1.54) is 12.8 Å². The smallest absolute Gasteiger partial charge is 0.234 e. The molecule has 4 nitrogen and oxygen atoms in total. The van der Waals surface area contributed by atoms with E-state index in [1.807, 2.05) is 0 Å². The number of nitrogens with one attached hydrogen (secondary N) is 1. The third-order valence-electron chi connectivity index (χ3n) is 5.52. The van der Waals surface area contributed by atoms with Gasteiger partial charge in [0.15, 0.2) is 0 Å². The molecule has 0 bridgehead atoms. The van der Waals surface area contributed by atoms with Crippen LogP contribution in [-0.2, 0) is 4.79 Å². The molecule has 1 amide bonds. The maximum absolute atomic E-state index is 12.2. The molecule has 0 aromatic carbocycles. The van der Waals surface area contributed by atoms with Crippen molar-refractivity contribution in [1.82, 2.24) is 10.2 Å². The summed E-state index contributed by atoms with van der Waals surface area (Å²) in [7, 11) is 0. The molecule has 20 heavy (non-hydrogen) atoms. The van der Waals surface area contributed by atoms with Gasteiger partial charge in [0.1, 0.15) is 0 Å². The Balaban J connectivity index is 1.77. The van der Waals surface area contributed by atoms with Gasteiger partial charge >= 0.3 is 0 Å². The Morgan fingerprint density at radius 2 is 1.95 bits per heavy atom. The molecular formula is C16H31N3O. The van der Waals surface area contributed by atoms with Gasteiger partial charge in [0.25, 0.3) is 0 Å². The summed E-state index contributed by atoms with van der Waals surface area (Å²) in [5.74, 6) is 2.07. The molecular weight excluding hydrogens is 250 g/mol. The van der Waals surface area contributed by atoms with Crippen LogP contribution in [0.25, 0.3) is 0 Å². The molecule has 3 N–H and O–H groups in total. The summed E-state index contributed by atoms with van der Waals surface area (Å²) in [5.41, 5.74) is 6.10. The quantitative estimate of drug-likeness (QED) is 0.826. The van der Waals surface area contributed by atoms with Crippen molar-refractivity contribution in [3.05, 3.63) is 0 Å². The van der Waals surface area contributed by atoms with E-state index in [1.54, 1.807) is 0 Å². The molecule has 1 aliphatic carbocycles. The first-order chi connectivity index (χ1) is 9.47. The summed E-state index contributed by atoms with van der Waals surface area (Å²) < 4.78 is 0. The van der Waals surface area contributed by atoms with Gasteiger partial charge in [-0.1, -0.05) is 33.6 Å². The van der Waals surface area contributed by atoms with Crippen LogP contribution in [-0.4, -0.2) is 42.5 Å². The highest BCUT2D eigenvalue weighted by atomic mass is 16.2. The van der Waals surface area contributed by atoms with E-state index in [0.717, 1.165) is 31.8 Å². The lowest BCUT2D eigenvalue weighted by molar-refractivity contribution is -0.124. The lowest BCUT2D eigenvalue weighted by atomic mass is 9.78. The Bertz CT molecular complexity index is 334. The van der Waals surface area contributed by atoms with Crippen molar-refractivity contribution < 1.29 is 4.79 Å². The minimum atomic E-state index is 0.178. The zero-order valence-electron chi connectivity index (χ0n) is 13.3. The van der Waals surface area contributed by atoms with Crippen LogP contribution in [0.5, 0.6) is 0 Å². The van der Waals surface area contributed by atoms with Crippen LogP contribution in [0, 0.1) is 17.8 Å². The minimum absolute atomic E-state index is 0.178. The highest BCUT2D eigenvalue weighted by Crippen LogP contribution is 2.29. The second-order valence-corrected chi connectivity index (χ2v) is 7.11. The van der Waals surface area contributed by atoms with E-state index in [4.69, 9.17) is 5.73 Å². The zero-order valence-corrected chi connectivity index (χ0v) is 13.3. The van der Waals surface area contributed by atoms with Crippen molar-refractivity contribution in [3.63, 3.8) is 0 Å².